The number of nitrogens with one attached hydrogen (secondary N) is 1. The van der Waals surface area contributed by atoms with Crippen molar-refractivity contribution in [3.05, 3.63) is 95.0 Å². The van der Waals surface area contributed by atoms with E-state index < -0.39 is 0 Å². The molecule has 4 rings (SSSR count). The standard InChI is InChI=1S/C21H17ClN2O/c22-17-11-5-6-12-18(17)23-24-19-14-21(15-8-2-1-3-9-15)25-20-13-7-4-10-16(19)20/h1-13,21,23H,14H2/t21-/m0/s1. The van der Waals surface area contributed by atoms with Crippen LogP contribution in [0.25, 0.3) is 0 Å². The predicted octanol–water partition coefficient (Wildman–Crippen LogP) is 5.68. The van der Waals surface area contributed by atoms with Gasteiger partial charge >= 0.3 is 0 Å². The summed E-state index contributed by atoms with van der Waals surface area (Å²) >= 11 is 6.21. The Hall–Kier alpha value is -2.78. The predicted molar refractivity (Wildman–Crippen MR) is 102 cm³/mol. The summed E-state index contributed by atoms with van der Waals surface area (Å²) in [4.78, 5) is 0. The second-order valence-corrected chi connectivity index (χ2v) is 6.27. The van der Waals surface area contributed by atoms with Crippen molar-refractivity contribution in [1.82, 2.24) is 0 Å². The topological polar surface area (TPSA) is 33.6 Å². The number of halogens is 1. The fourth-order valence-electron chi connectivity index (χ4n) is 2.93. The SMILES string of the molecule is Clc1ccccc1NN=C1C[C@@H](c2ccccc2)Oc2ccccc21. The number of hydrazone groups is 1. The van der Waals surface area contributed by atoms with Gasteiger partial charge in [0, 0.05) is 12.0 Å². The summed E-state index contributed by atoms with van der Waals surface area (Å²) in [6, 6.07) is 25.8. The number of ether oxygens (including phenoxy) is 1. The minimum Gasteiger partial charge on any atom is -0.485 e. The molecule has 0 aliphatic carbocycles. The van der Waals surface area contributed by atoms with Crippen molar-refractivity contribution >= 4 is 23.0 Å². The van der Waals surface area contributed by atoms with E-state index in [0.29, 0.717) is 11.4 Å². The molecule has 0 saturated carbocycles. The van der Waals surface area contributed by atoms with E-state index in [0.717, 1.165) is 28.3 Å². The van der Waals surface area contributed by atoms with Gasteiger partial charge in [-0.15, -0.1) is 0 Å². The lowest BCUT2D eigenvalue weighted by Gasteiger charge is -2.27. The molecular weight excluding hydrogens is 332 g/mol. The molecule has 4 heteroatoms. The minimum absolute atomic E-state index is 0.0529. The zero-order valence-corrected chi connectivity index (χ0v) is 14.3. The normalized spacial score (nSPS) is 17.6. The second-order valence-electron chi connectivity index (χ2n) is 5.87. The molecule has 0 unspecified atom stereocenters. The highest BCUT2D eigenvalue weighted by molar-refractivity contribution is 6.33. The molecule has 0 saturated heterocycles. The molecule has 0 spiro atoms. The number of hydrogen-bond donors (Lipinski definition) is 1. The number of nitrogens with zero attached hydrogens (tertiary/aromatic N) is 1. The van der Waals surface area contributed by atoms with Gasteiger partial charge in [-0.25, -0.2) is 0 Å². The van der Waals surface area contributed by atoms with Crippen LogP contribution >= 0.6 is 11.6 Å². The van der Waals surface area contributed by atoms with Crippen LogP contribution in [0.5, 0.6) is 5.75 Å². The van der Waals surface area contributed by atoms with E-state index in [1.807, 2.05) is 66.7 Å². The molecule has 3 nitrogen and oxygen atoms in total. The highest BCUT2D eigenvalue weighted by atomic mass is 35.5. The first-order valence-electron chi connectivity index (χ1n) is 8.19. The summed E-state index contributed by atoms with van der Waals surface area (Å²) in [6.07, 6.45) is 0.640. The number of hydrogen-bond acceptors (Lipinski definition) is 3. The van der Waals surface area contributed by atoms with Gasteiger partial charge in [0.1, 0.15) is 11.9 Å². The summed E-state index contributed by atoms with van der Waals surface area (Å²) in [5.41, 5.74) is 6.99. The summed E-state index contributed by atoms with van der Waals surface area (Å²) < 4.78 is 6.19. The Kier molecular flexibility index (Phi) is 4.40. The Morgan fingerprint density at radius 1 is 0.880 bits per heavy atom. The van der Waals surface area contributed by atoms with Crippen molar-refractivity contribution in [2.24, 2.45) is 5.10 Å². The molecular formula is C21H17ClN2O. The summed E-state index contributed by atoms with van der Waals surface area (Å²) in [5.74, 6) is 0.849. The first-order valence-corrected chi connectivity index (χ1v) is 8.57. The lowest BCUT2D eigenvalue weighted by atomic mass is 9.96. The van der Waals surface area contributed by atoms with Crippen molar-refractivity contribution in [3.63, 3.8) is 0 Å². The smallest absolute Gasteiger partial charge is 0.129 e. The molecule has 1 atom stereocenters. The number of anilines is 1. The summed E-state index contributed by atoms with van der Waals surface area (Å²) in [5, 5.41) is 5.28. The molecule has 0 aromatic heterocycles. The van der Waals surface area contributed by atoms with Gasteiger partial charge in [-0.1, -0.05) is 66.2 Å². The number of rotatable bonds is 3. The fraction of sp³-hybridized carbons (Fsp3) is 0.0952. The minimum atomic E-state index is -0.0529. The lowest BCUT2D eigenvalue weighted by molar-refractivity contribution is 0.206. The zero-order valence-electron chi connectivity index (χ0n) is 13.5. The number of para-hydroxylation sites is 2. The maximum Gasteiger partial charge on any atom is 0.129 e. The first kappa shape index (κ1) is 15.7. The van der Waals surface area contributed by atoms with Crippen molar-refractivity contribution in [1.29, 1.82) is 0 Å². The van der Waals surface area contributed by atoms with Gasteiger partial charge in [0.15, 0.2) is 0 Å². The fourth-order valence-corrected chi connectivity index (χ4v) is 3.11. The molecule has 124 valence electrons. The van der Waals surface area contributed by atoms with Gasteiger partial charge in [0.25, 0.3) is 0 Å². The van der Waals surface area contributed by atoms with E-state index in [1.54, 1.807) is 0 Å². The largest absolute Gasteiger partial charge is 0.485 e. The zero-order chi connectivity index (χ0) is 17.1. The highest BCUT2D eigenvalue weighted by Gasteiger charge is 2.26. The Labute approximate surface area is 151 Å². The van der Waals surface area contributed by atoms with Crippen LogP contribution in [0.3, 0.4) is 0 Å². The Balaban J connectivity index is 1.68. The molecule has 1 aliphatic heterocycles. The summed E-state index contributed by atoms with van der Waals surface area (Å²) in [6.45, 7) is 0. The molecule has 0 radical (unpaired) electrons. The van der Waals surface area contributed by atoms with Crippen molar-refractivity contribution < 1.29 is 4.74 Å². The monoisotopic (exact) mass is 348 g/mol. The van der Waals surface area contributed by atoms with Gasteiger partial charge in [0.05, 0.1) is 16.4 Å². The van der Waals surface area contributed by atoms with Crippen LogP contribution in [0.4, 0.5) is 5.69 Å². The third kappa shape index (κ3) is 3.37. The van der Waals surface area contributed by atoms with Crippen LogP contribution in [0.2, 0.25) is 5.02 Å². The quantitative estimate of drug-likeness (QED) is 0.618. The Bertz CT molecular complexity index is 909. The van der Waals surface area contributed by atoms with Crippen molar-refractivity contribution in [3.8, 4) is 5.75 Å². The van der Waals surface area contributed by atoms with Crippen LogP contribution in [0.15, 0.2) is 84.0 Å². The van der Waals surface area contributed by atoms with Crippen LogP contribution < -0.4 is 10.2 Å². The van der Waals surface area contributed by atoms with Crippen LogP contribution in [0.1, 0.15) is 23.7 Å². The molecule has 1 heterocycles. The molecule has 0 bridgehead atoms. The van der Waals surface area contributed by atoms with Gasteiger partial charge in [-0.05, 0) is 29.8 Å². The molecule has 3 aromatic carbocycles. The molecule has 1 aliphatic rings. The average molecular weight is 349 g/mol. The Morgan fingerprint density at radius 2 is 1.60 bits per heavy atom. The number of benzene rings is 3. The van der Waals surface area contributed by atoms with Gasteiger partial charge in [-0.2, -0.15) is 5.10 Å². The Morgan fingerprint density at radius 3 is 2.44 bits per heavy atom. The molecule has 25 heavy (non-hydrogen) atoms. The van der Waals surface area contributed by atoms with Crippen LogP contribution in [-0.2, 0) is 0 Å². The van der Waals surface area contributed by atoms with E-state index in [9.17, 15) is 0 Å². The number of fused-ring (bicyclic) bond motifs is 1. The van der Waals surface area contributed by atoms with E-state index in [1.165, 1.54) is 0 Å². The van der Waals surface area contributed by atoms with Gasteiger partial charge in [0.2, 0.25) is 0 Å². The summed E-state index contributed by atoms with van der Waals surface area (Å²) in [7, 11) is 0. The first-order chi connectivity index (χ1) is 12.3. The van der Waals surface area contributed by atoms with Crippen molar-refractivity contribution in [2.75, 3.05) is 5.43 Å². The van der Waals surface area contributed by atoms with Crippen LogP contribution in [0, 0.1) is 0 Å². The molecule has 3 aromatic rings. The maximum absolute atomic E-state index is 6.21. The third-order valence-electron chi connectivity index (χ3n) is 4.20. The van der Waals surface area contributed by atoms with Gasteiger partial charge in [-0.3, -0.25) is 5.43 Å². The van der Waals surface area contributed by atoms with Crippen LogP contribution in [-0.4, -0.2) is 5.71 Å². The average Bonchev–Trinajstić information content (AvgIpc) is 2.67. The second kappa shape index (κ2) is 6.99. The van der Waals surface area contributed by atoms with E-state index >= 15 is 0 Å². The van der Waals surface area contributed by atoms with Crippen molar-refractivity contribution in [2.45, 2.75) is 12.5 Å². The van der Waals surface area contributed by atoms with E-state index in [2.05, 4.69) is 22.7 Å². The van der Waals surface area contributed by atoms with E-state index in [-0.39, 0.29) is 6.10 Å². The lowest BCUT2D eigenvalue weighted by Crippen LogP contribution is -2.21. The third-order valence-corrected chi connectivity index (χ3v) is 4.53. The maximum atomic E-state index is 6.21. The molecule has 0 amide bonds. The highest BCUT2D eigenvalue weighted by Crippen LogP contribution is 2.35. The van der Waals surface area contributed by atoms with E-state index in [4.69, 9.17) is 16.3 Å². The van der Waals surface area contributed by atoms with Gasteiger partial charge < -0.3 is 4.74 Å². The molecule has 0 fully saturated rings. The molecule has 1 N–H and O–H groups in total.